The molecule has 2 rings (SSSR count). The number of hydrogen-bond donors (Lipinski definition) is 1. The lowest BCUT2D eigenvalue weighted by molar-refractivity contribution is 0.422. The summed E-state index contributed by atoms with van der Waals surface area (Å²) in [5.74, 6) is 1.51. The SMILES string of the molecule is CCCNCc1c(C)nn(C)c1Oc1ccc(C)nc1. The molecule has 0 aliphatic carbocycles. The lowest BCUT2D eigenvalue weighted by Gasteiger charge is -2.09. The highest BCUT2D eigenvalue weighted by Crippen LogP contribution is 2.26. The first-order valence-corrected chi connectivity index (χ1v) is 6.95. The van der Waals surface area contributed by atoms with Crippen molar-refractivity contribution in [2.75, 3.05) is 6.54 Å². The molecule has 0 amide bonds. The summed E-state index contributed by atoms with van der Waals surface area (Å²) in [4.78, 5) is 4.25. The number of hydrogen-bond acceptors (Lipinski definition) is 4. The van der Waals surface area contributed by atoms with E-state index >= 15 is 0 Å². The van der Waals surface area contributed by atoms with E-state index in [1.807, 2.05) is 33.0 Å². The molecular formula is C15H22N4O. The van der Waals surface area contributed by atoms with Gasteiger partial charge < -0.3 is 10.1 Å². The van der Waals surface area contributed by atoms with Gasteiger partial charge in [0.25, 0.3) is 0 Å². The maximum atomic E-state index is 5.94. The molecule has 0 radical (unpaired) electrons. The van der Waals surface area contributed by atoms with Crippen molar-refractivity contribution in [3.05, 3.63) is 35.3 Å². The third-order valence-electron chi connectivity index (χ3n) is 3.12. The second-order valence-corrected chi connectivity index (χ2v) is 4.91. The zero-order chi connectivity index (χ0) is 14.5. The minimum atomic E-state index is 0.732. The van der Waals surface area contributed by atoms with Crippen LogP contribution in [0, 0.1) is 13.8 Å². The molecule has 5 nitrogen and oxygen atoms in total. The van der Waals surface area contributed by atoms with Crippen LogP contribution in [0.1, 0.15) is 30.3 Å². The average Bonchev–Trinajstić information content (AvgIpc) is 2.68. The van der Waals surface area contributed by atoms with Crippen molar-refractivity contribution in [2.45, 2.75) is 33.7 Å². The molecule has 2 aromatic rings. The van der Waals surface area contributed by atoms with Crippen molar-refractivity contribution in [3.8, 4) is 11.6 Å². The summed E-state index contributed by atoms with van der Waals surface area (Å²) in [6.07, 6.45) is 2.85. The normalized spacial score (nSPS) is 10.8. The number of ether oxygens (including phenoxy) is 1. The molecule has 0 saturated heterocycles. The van der Waals surface area contributed by atoms with Crippen molar-refractivity contribution in [3.63, 3.8) is 0 Å². The Labute approximate surface area is 120 Å². The van der Waals surface area contributed by atoms with Gasteiger partial charge in [-0.15, -0.1) is 0 Å². The molecule has 0 fully saturated rings. The van der Waals surface area contributed by atoms with Gasteiger partial charge in [-0.3, -0.25) is 4.98 Å². The van der Waals surface area contributed by atoms with Crippen LogP contribution >= 0.6 is 0 Å². The summed E-state index contributed by atoms with van der Waals surface area (Å²) >= 11 is 0. The minimum absolute atomic E-state index is 0.732. The Kier molecular flexibility index (Phi) is 4.74. The van der Waals surface area contributed by atoms with Crippen LogP contribution < -0.4 is 10.1 Å². The van der Waals surface area contributed by atoms with Crippen LogP contribution in [-0.4, -0.2) is 21.3 Å². The smallest absolute Gasteiger partial charge is 0.222 e. The number of pyridine rings is 1. The Morgan fingerprint density at radius 2 is 2.10 bits per heavy atom. The summed E-state index contributed by atoms with van der Waals surface area (Å²) in [6, 6.07) is 3.86. The molecule has 0 saturated carbocycles. The van der Waals surface area contributed by atoms with Crippen LogP contribution in [0.25, 0.3) is 0 Å². The summed E-state index contributed by atoms with van der Waals surface area (Å²) in [6.45, 7) is 7.86. The molecule has 20 heavy (non-hydrogen) atoms. The Balaban J connectivity index is 2.19. The van der Waals surface area contributed by atoms with Gasteiger partial charge in [-0.25, -0.2) is 4.68 Å². The van der Waals surface area contributed by atoms with Crippen LogP contribution in [-0.2, 0) is 13.6 Å². The fraction of sp³-hybridized carbons (Fsp3) is 0.467. The molecule has 0 unspecified atom stereocenters. The van der Waals surface area contributed by atoms with E-state index in [0.29, 0.717) is 0 Å². The quantitative estimate of drug-likeness (QED) is 0.823. The molecule has 0 aliphatic heterocycles. The van der Waals surface area contributed by atoms with Gasteiger partial charge in [0.15, 0.2) is 0 Å². The topological polar surface area (TPSA) is 52.0 Å². The molecule has 0 atom stereocenters. The van der Waals surface area contributed by atoms with Crippen LogP contribution in [0.15, 0.2) is 18.3 Å². The largest absolute Gasteiger partial charge is 0.437 e. The summed E-state index contributed by atoms with van der Waals surface area (Å²) < 4.78 is 7.72. The fourth-order valence-electron chi connectivity index (χ4n) is 2.03. The highest BCUT2D eigenvalue weighted by atomic mass is 16.5. The monoisotopic (exact) mass is 274 g/mol. The van der Waals surface area contributed by atoms with E-state index in [-0.39, 0.29) is 0 Å². The predicted octanol–water partition coefficient (Wildman–Crippen LogP) is 2.72. The molecule has 5 heteroatoms. The van der Waals surface area contributed by atoms with E-state index in [2.05, 4.69) is 22.3 Å². The molecule has 108 valence electrons. The Bertz CT molecular complexity index is 560. The minimum Gasteiger partial charge on any atom is -0.437 e. The van der Waals surface area contributed by atoms with Gasteiger partial charge in [0.2, 0.25) is 5.88 Å². The highest BCUT2D eigenvalue weighted by molar-refractivity contribution is 5.35. The van der Waals surface area contributed by atoms with E-state index in [9.17, 15) is 0 Å². The van der Waals surface area contributed by atoms with Crippen molar-refractivity contribution in [1.29, 1.82) is 0 Å². The van der Waals surface area contributed by atoms with Crippen LogP contribution in [0.3, 0.4) is 0 Å². The van der Waals surface area contributed by atoms with Gasteiger partial charge in [0, 0.05) is 19.3 Å². The maximum Gasteiger partial charge on any atom is 0.222 e. The van der Waals surface area contributed by atoms with Gasteiger partial charge in [0.05, 0.1) is 17.5 Å². The Hall–Kier alpha value is -1.88. The lowest BCUT2D eigenvalue weighted by Crippen LogP contribution is -2.14. The molecule has 0 aromatic carbocycles. The van der Waals surface area contributed by atoms with Gasteiger partial charge in [-0.05, 0) is 38.9 Å². The second-order valence-electron chi connectivity index (χ2n) is 4.91. The average molecular weight is 274 g/mol. The molecule has 0 bridgehead atoms. The maximum absolute atomic E-state index is 5.94. The van der Waals surface area contributed by atoms with Crippen molar-refractivity contribution < 1.29 is 4.74 Å². The highest BCUT2D eigenvalue weighted by Gasteiger charge is 2.15. The van der Waals surface area contributed by atoms with Crippen molar-refractivity contribution >= 4 is 0 Å². The first kappa shape index (κ1) is 14.5. The molecular weight excluding hydrogens is 252 g/mol. The van der Waals surface area contributed by atoms with Gasteiger partial charge in [-0.2, -0.15) is 5.10 Å². The number of aryl methyl sites for hydroxylation is 3. The Morgan fingerprint density at radius 1 is 1.30 bits per heavy atom. The zero-order valence-electron chi connectivity index (χ0n) is 12.6. The first-order valence-electron chi connectivity index (χ1n) is 6.95. The van der Waals surface area contributed by atoms with Crippen molar-refractivity contribution in [1.82, 2.24) is 20.1 Å². The molecule has 2 heterocycles. The van der Waals surface area contributed by atoms with E-state index in [4.69, 9.17) is 4.74 Å². The summed E-state index contributed by atoms with van der Waals surface area (Å²) in [7, 11) is 1.90. The second kappa shape index (κ2) is 6.52. The number of nitrogens with zero attached hydrogens (tertiary/aromatic N) is 3. The van der Waals surface area contributed by atoms with E-state index in [0.717, 1.165) is 48.1 Å². The first-order chi connectivity index (χ1) is 9.61. The standard InChI is InChI=1S/C15H22N4O/c1-5-8-16-10-14-12(3)18-19(4)15(14)20-13-7-6-11(2)17-9-13/h6-7,9,16H,5,8,10H2,1-4H3. The van der Waals surface area contributed by atoms with Gasteiger partial charge >= 0.3 is 0 Å². The molecule has 1 N–H and O–H groups in total. The van der Waals surface area contributed by atoms with E-state index in [1.165, 1.54) is 0 Å². The zero-order valence-corrected chi connectivity index (χ0v) is 12.6. The number of aromatic nitrogens is 3. The van der Waals surface area contributed by atoms with E-state index < -0.39 is 0 Å². The predicted molar refractivity (Wildman–Crippen MR) is 79.0 cm³/mol. The number of rotatable bonds is 6. The third-order valence-corrected chi connectivity index (χ3v) is 3.12. The summed E-state index contributed by atoms with van der Waals surface area (Å²) in [5, 5.41) is 7.83. The van der Waals surface area contributed by atoms with Gasteiger partial charge in [0.1, 0.15) is 5.75 Å². The number of nitrogens with one attached hydrogen (secondary N) is 1. The Morgan fingerprint density at radius 3 is 2.75 bits per heavy atom. The van der Waals surface area contributed by atoms with Crippen LogP contribution in [0.4, 0.5) is 0 Å². The molecule has 0 spiro atoms. The molecule has 0 aliphatic rings. The molecule has 2 aromatic heterocycles. The van der Waals surface area contributed by atoms with Crippen molar-refractivity contribution in [2.24, 2.45) is 7.05 Å². The van der Waals surface area contributed by atoms with Crippen LogP contribution in [0.2, 0.25) is 0 Å². The lowest BCUT2D eigenvalue weighted by atomic mass is 10.2. The summed E-state index contributed by atoms with van der Waals surface area (Å²) in [5.41, 5.74) is 3.07. The third kappa shape index (κ3) is 3.36. The van der Waals surface area contributed by atoms with Gasteiger partial charge in [-0.1, -0.05) is 6.92 Å². The van der Waals surface area contributed by atoms with Crippen LogP contribution in [0.5, 0.6) is 11.6 Å². The fourth-order valence-corrected chi connectivity index (χ4v) is 2.03. The van der Waals surface area contributed by atoms with E-state index in [1.54, 1.807) is 10.9 Å².